The van der Waals surface area contributed by atoms with Crippen LogP contribution in [0.2, 0.25) is 0 Å². The maximum Gasteiger partial charge on any atom is 0.333 e. The Morgan fingerprint density at radius 2 is 1.23 bits per heavy atom. The summed E-state index contributed by atoms with van der Waals surface area (Å²) in [6.45, 7) is 9.96. The first-order valence-corrected chi connectivity index (χ1v) is 21.0. The number of anilines is 4. The molecule has 0 bridgehead atoms. The Labute approximate surface area is 335 Å². The van der Waals surface area contributed by atoms with Crippen LogP contribution < -0.4 is 20.6 Å². The molecule has 5 aliphatic rings. The minimum Gasteiger partial charge on any atom is -0.376 e. The van der Waals surface area contributed by atoms with Crippen LogP contribution in [0.15, 0.2) is 146 Å². The molecule has 274 valence electrons. The molecule has 8 aromatic rings. The zero-order chi connectivity index (χ0) is 38.0. The van der Waals surface area contributed by atoms with E-state index in [0.29, 0.717) is 0 Å². The van der Waals surface area contributed by atoms with E-state index in [9.17, 15) is 0 Å². The molecule has 0 N–H and O–H groups in total. The van der Waals surface area contributed by atoms with Gasteiger partial charge in [0, 0.05) is 49.9 Å². The third-order valence-electron chi connectivity index (χ3n) is 15.5. The predicted molar refractivity (Wildman–Crippen MR) is 240 cm³/mol. The number of fused-ring (bicyclic) bond motifs is 14. The molecule has 0 saturated heterocycles. The van der Waals surface area contributed by atoms with E-state index in [1.54, 1.807) is 0 Å². The normalized spacial score (nSPS) is 21.6. The molecule has 2 unspecified atom stereocenters. The summed E-state index contributed by atoms with van der Waals surface area (Å²) in [5, 5.41) is 2.70. The monoisotopic (exact) mass is 733 g/mol. The van der Waals surface area contributed by atoms with Crippen molar-refractivity contribution in [3.8, 4) is 27.9 Å². The van der Waals surface area contributed by atoms with Crippen molar-refractivity contribution in [2.24, 2.45) is 0 Å². The highest BCUT2D eigenvalue weighted by Gasteiger charge is 2.58. The van der Waals surface area contributed by atoms with Gasteiger partial charge in [0.2, 0.25) is 0 Å². The molecule has 1 saturated carbocycles. The average molecular weight is 734 g/mol. The van der Waals surface area contributed by atoms with E-state index < -0.39 is 0 Å². The fourth-order valence-corrected chi connectivity index (χ4v) is 12.7. The van der Waals surface area contributed by atoms with Gasteiger partial charge in [-0.2, -0.15) is 0 Å². The second-order valence-corrected chi connectivity index (χ2v) is 18.4. The highest BCUT2D eigenvalue weighted by Crippen LogP contribution is 2.63. The standard InChI is InChI=1S/C53H44BN3/c1-51(2)39-22-10-8-20-34(39)36-30-37-38-31-47(56-44-26-14-11-23-40(44)52(3)28-16-17-29-53(52,56)4)48-35-21-9-13-25-43(35)55-45-27-15-12-24-42(45)54(49(38)50(48)55)57(46(37)32-41(36)51)33-18-6-5-7-19-33/h5-15,18-27,30-32H,16-17,28-29H2,1-4H3. The largest absolute Gasteiger partial charge is 0.376 e. The molecule has 2 aliphatic carbocycles. The number of benzene rings is 7. The van der Waals surface area contributed by atoms with Crippen LogP contribution in [0, 0.1) is 0 Å². The SMILES string of the molecule is CC1(C)c2ccccc2-c2cc3c(cc21)N(c1ccccc1)B1c2ccccc2-n2c4ccccc4c4c(N5c6ccccc6C6(C)CCCCC56C)cc-3c1c42. The van der Waals surface area contributed by atoms with Gasteiger partial charge in [0.15, 0.2) is 0 Å². The van der Waals surface area contributed by atoms with Gasteiger partial charge in [0.05, 0.1) is 22.3 Å². The first-order chi connectivity index (χ1) is 27.8. The molecule has 1 fully saturated rings. The molecule has 0 spiro atoms. The lowest BCUT2D eigenvalue weighted by Crippen LogP contribution is -2.60. The quantitative estimate of drug-likeness (QED) is 0.164. The summed E-state index contributed by atoms with van der Waals surface area (Å²) in [6.07, 6.45) is 4.90. The Balaban J connectivity index is 1.23. The first kappa shape index (κ1) is 32.1. The van der Waals surface area contributed by atoms with E-state index in [4.69, 9.17) is 0 Å². The number of hydrogen-bond donors (Lipinski definition) is 0. The molecular formula is C53H44BN3. The fourth-order valence-electron chi connectivity index (χ4n) is 12.7. The number of rotatable bonds is 2. The third-order valence-corrected chi connectivity index (χ3v) is 15.5. The molecule has 4 heterocycles. The van der Waals surface area contributed by atoms with Crippen molar-refractivity contribution in [3.05, 3.63) is 162 Å². The summed E-state index contributed by atoms with van der Waals surface area (Å²) in [5.41, 5.74) is 21.5. The van der Waals surface area contributed by atoms with E-state index >= 15 is 0 Å². The Morgan fingerprint density at radius 3 is 2.09 bits per heavy atom. The molecule has 7 aromatic carbocycles. The van der Waals surface area contributed by atoms with Crippen LogP contribution in [0.4, 0.5) is 22.7 Å². The number of para-hydroxylation sites is 4. The van der Waals surface area contributed by atoms with Gasteiger partial charge in [-0.3, -0.25) is 0 Å². The molecule has 2 atom stereocenters. The molecule has 13 rings (SSSR count). The summed E-state index contributed by atoms with van der Waals surface area (Å²) in [5.74, 6) is 0. The van der Waals surface area contributed by atoms with Crippen molar-refractivity contribution in [1.82, 2.24) is 4.57 Å². The smallest absolute Gasteiger partial charge is 0.333 e. The zero-order valence-corrected chi connectivity index (χ0v) is 33.1. The number of aromatic nitrogens is 1. The lowest BCUT2D eigenvalue weighted by atomic mass is 9.44. The van der Waals surface area contributed by atoms with Crippen LogP contribution in [-0.4, -0.2) is 17.0 Å². The van der Waals surface area contributed by atoms with Crippen molar-refractivity contribution >= 4 is 62.3 Å². The first-order valence-electron chi connectivity index (χ1n) is 21.0. The molecule has 3 aliphatic heterocycles. The van der Waals surface area contributed by atoms with Gasteiger partial charge in [-0.1, -0.05) is 131 Å². The summed E-state index contributed by atoms with van der Waals surface area (Å²) in [7, 11) is 0. The van der Waals surface area contributed by atoms with Gasteiger partial charge in [-0.25, -0.2) is 0 Å². The lowest BCUT2D eigenvalue weighted by molar-refractivity contribution is 0.195. The van der Waals surface area contributed by atoms with Gasteiger partial charge in [-0.15, -0.1) is 0 Å². The topological polar surface area (TPSA) is 11.4 Å². The maximum atomic E-state index is 2.83. The van der Waals surface area contributed by atoms with E-state index in [1.807, 2.05) is 0 Å². The van der Waals surface area contributed by atoms with Gasteiger partial charge in [0.25, 0.3) is 0 Å². The van der Waals surface area contributed by atoms with Gasteiger partial charge in [-0.05, 0) is 113 Å². The molecule has 0 radical (unpaired) electrons. The number of hydrogen-bond acceptors (Lipinski definition) is 2. The molecular weight excluding hydrogens is 689 g/mol. The van der Waals surface area contributed by atoms with E-state index in [0.717, 1.165) is 0 Å². The van der Waals surface area contributed by atoms with Gasteiger partial charge in [0.1, 0.15) is 0 Å². The second-order valence-electron chi connectivity index (χ2n) is 18.4. The average Bonchev–Trinajstić information content (AvgIpc) is 3.79. The molecule has 4 heteroatoms. The van der Waals surface area contributed by atoms with Gasteiger partial charge < -0.3 is 14.3 Å². The summed E-state index contributed by atoms with van der Waals surface area (Å²) in [4.78, 5) is 5.51. The minimum atomic E-state index is -0.116. The van der Waals surface area contributed by atoms with Crippen molar-refractivity contribution in [2.75, 3.05) is 9.71 Å². The zero-order valence-electron chi connectivity index (χ0n) is 33.1. The Bertz CT molecular complexity index is 3070. The second kappa shape index (κ2) is 10.7. The van der Waals surface area contributed by atoms with Crippen LogP contribution in [0.3, 0.4) is 0 Å². The number of nitrogens with zero attached hydrogens (tertiary/aromatic N) is 3. The minimum absolute atomic E-state index is 0.00852. The van der Waals surface area contributed by atoms with E-state index in [2.05, 4.69) is 188 Å². The van der Waals surface area contributed by atoms with Crippen LogP contribution in [0.25, 0.3) is 49.7 Å². The predicted octanol–water partition coefficient (Wildman–Crippen LogP) is 12.1. The van der Waals surface area contributed by atoms with Crippen molar-refractivity contribution < 1.29 is 0 Å². The fraction of sp³-hybridized carbons (Fsp3) is 0.208. The van der Waals surface area contributed by atoms with Crippen molar-refractivity contribution in [3.63, 3.8) is 0 Å². The summed E-state index contributed by atoms with van der Waals surface area (Å²) < 4.78 is 2.63. The highest BCUT2D eigenvalue weighted by molar-refractivity contribution is 6.93. The molecule has 3 nitrogen and oxygen atoms in total. The third kappa shape index (κ3) is 3.72. The van der Waals surface area contributed by atoms with Crippen LogP contribution in [-0.2, 0) is 10.8 Å². The van der Waals surface area contributed by atoms with Crippen LogP contribution in [0.5, 0.6) is 0 Å². The molecule has 1 aromatic heterocycles. The summed E-state index contributed by atoms with van der Waals surface area (Å²) >= 11 is 0. The highest BCUT2D eigenvalue weighted by atomic mass is 15.3. The van der Waals surface area contributed by atoms with E-state index in [1.165, 1.54) is 126 Å². The Hall–Kier alpha value is -6.00. The van der Waals surface area contributed by atoms with Crippen LogP contribution >= 0.6 is 0 Å². The Kier molecular flexibility index (Phi) is 6.02. The summed E-state index contributed by atoms with van der Waals surface area (Å²) in [6, 6.07) is 55.9. The molecule has 0 amide bonds. The maximum absolute atomic E-state index is 2.83. The van der Waals surface area contributed by atoms with Crippen molar-refractivity contribution in [2.45, 2.75) is 69.7 Å². The molecule has 57 heavy (non-hydrogen) atoms. The van der Waals surface area contributed by atoms with Crippen molar-refractivity contribution in [1.29, 1.82) is 0 Å². The van der Waals surface area contributed by atoms with Gasteiger partial charge >= 0.3 is 6.85 Å². The van der Waals surface area contributed by atoms with E-state index in [-0.39, 0.29) is 23.2 Å². The lowest BCUT2D eigenvalue weighted by Gasteiger charge is -2.51. The Morgan fingerprint density at radius 1 is 0.526 bits per heavy atom. The van der Waals surface area contributed by atoms with Crippen LogP contribution in [0.1, 0.15) is 70.1 Å².